The van der Waals surface area contributed by atoms with Gasteiger partial charge in [-0.05, 0) is 183 Å². The zero-order chi connectivity index (χ0) is 65.9. The van der Waals surface area contributed by atoms with Crippen molar-refractivity contribution in [2.24, 2.45) is 0 Å². The molecule has 0 saturated heterocycles. The normalized spacial score (nSPS) is 10.1. The highest BCUT2D eigenvalue weighted by Gasteiger charge is 2.22. The molecule has 0 N–H and O–H groups in total. The number of halogens is 6. The van der Waals surface area contributed by atoms with Gasteiger partial charge < -0.3 is 0 Å². The van der Waals surface area contributed by atoms with Gasteiger partial charge in [-0.25, -0.2) is 26.3 Å². The monoisotopic (exact) mass is 1230 g/mol. The fourth-order valence-electron chi connectivity index (χ4n) is 9.30. The summed E-state index contributed by atoms with van der Waals surface area (Å²) in [5.74, 6) is -9.69. The third kappa shape index (κ3) is 20.0. The standard InChI is InChI=1S/C19H16.4C10H9N.C8H7N.C7H3F5.C7H7F/c1-15-12-18(16-8-4-2-5-9-16)14-19(13-15)17-10-6-3-7-11-17;1-8-4-2-6-10-9(8)5-3-7-11-10;1-8-3-2-4-9-7-11-6-5-10(8)9;1-8-3-2-4-9-5-6-11-7-10(8)9;1-8-6-7-11-10-5-3-2-4-9(8)10;1-7-2-4-8(6-9)5-3-7;1-2-3(8)5(10)7(12)6(11)4(2)9;1-6-2-4-7(8)5-3-6/h2-14H,1H3;4*2-7H,1H3;2-5H,1H3;1H3;2-5H,1H3. The molecule has 0 radical (unpaired) electrons. The van der Waals surface area contributed by atoms with E-state index < -0.39 is 34.6 Å². The van der Waals surface area contributed by atoms with Crippen molar-refractivity contribution in [1.82, 2.24) is 19.9 Å². The van der Waals surface area contributed by atoms with Gasteiger partial charge in [-0.1, -0.05) is 181 Å². The lowest BCUT2D eigenvalue weighted by Crippen LogP contribution is -2.03. The van der Waals surface area contributed by atoms with Crippen molar-refractivity contribution in [2.75, 3.05) is 0 Å². The number of fused-ring (bicyclic) bond motifs is 4. The van der Waals surface area contributed by atoms with Gasteiger partial charge in [-0.3, -0.25) is 19.9 Å². The number of nitriles is 1. The van der Waals surface area contributed by atoms with Crippen molar-refractivity contribution in [2.45, 2.75) is 55.4 Å². The number of para-hydroxylation sites is 1. The highest BCUT2D eigenvalue weighted by atomic mass is 19.2. The Morgan fingerprint density at radius 2 is 0.750 bits per heavy atom. The minimum Gasteiger partial charge on any atom is -0.264 e. The number of nitrogens with zero attached hydrogens (tertiary/aromatic N) is 5. The van der Waals surface area contributed by atoms with Gasteiger partial charge in [0, 0.05) is 64.3 Å². The molecule has 0 bridgehead atoms. The van der Waals surface area contributed by atoms with E-state index in [1.165, 1.54) is 100 Å². The molecule has 5 nitrogen and oxygen atoms in total. The lowest BCUT2D eigenvalue weighted by atomic mass is 9.97. The van der Waals surface area contributed by atoms with Crippen LogP contribution in [0.25, 0.3) is 65.6 Å². The van der Waals surface area contributed by atoms with Crippen molar-refractivity contribution in [3.63, 3.8) is 0 Å². The smallest absolute Gasteiger partial charge is 0.200 e. The third-order valence-corrected chi connectivity index (χ3v) is 14.4. The summed E-state index contributed by atoms with van der Waals surface area (Å²) in [6.07, 6.45) is 11.1. The summed E-state index contributed by atoms with van der Waals surface area (Å²) in [5.41, 5.74) is 15.8. The van der Waals surface area contributed by atoms with E-state index in [1.54, 1.807) is 12.1 Å². The van der Waals surface area contributed by atoms with E-state index in [1.807, 2.05) is 130 Å². The third-order valence-electron chi connectivity index (χ3n) is 14.4. The lowest BCUT2D eigenvalue weighted by Gasteiger charge is -2.08. The number of hydrogen-bond donors (Lipinski definition) is 0. The molecule has 0 aliphatic heterocycles. The maximum absolute atomic E-state index is 12.4. The Bertz CT molecular complexity index is 4180. The second-order valence-corrected chi connectivity index (χ2v) is 21.4. The molecule has 0 fully saturated rings. The minimum atomic E-state index is -2.13. The molecule has 460 valence electrons. The van der Waals surface area contributed by atoms with E-state index in [0.717, 1.165) is 29.1 Å². The fourth-order valence-corrected chi connectivity index (χ4v) is 9.30. The Balaban J connectivity index is 0.000000151. The van der Waals surface area contributed by atoms with Crippen molar-refractivity contribution in [3.05, 3.63) is 359 Å². The van der Waals surface area contributed by atoms with E-state index in [9.17, 15) is 26.3 Å². The Labute approximate surface area is 534 Å². The predicted octanol–water partition coefficient (Wildman–Crippen LogP) is 22.2. The summed E-state index contributed by atoms with van der Waals surface area (Å²) in [5, 5.41) is 15.9. The zero-order valence-electron chi connectivity index (χ0n) is 52.5. The van der Waals surface area contributed by atoms with Gasteiger partial charge in [0.05, 0.1) is 22.7 Å². The Kier molecular flexibility index (Phi) is 25.7. The average molecular weight is 1230 g/mol. The summed E-state index contributed by atoms with van der Waals surface area (Å²) in [4.78, 5) is 16.6. The summed E-state index contributed by atoms with van der Waals surface area (Å²) >= 11 is 0. The van der Waals surface area contributed by atoms with Crippen LogP contribution >= 0.6 is 0 Å². The summed E-state index contributed by atoms with van der Waals surface area (Å²) < 4.78 is 73.7. The number of rotatable bonds is 2. The van der Waals surface area contributed by atoms with Crippen molar-refractivity contribution in [3.8, 4) is 28.3 Å². The molecule has 0 amide bonds. The number of pyridine rings is 4. The van der Waals surface area contributed by atoms with E-state index >= 15 is 0 Å². The lowest BCUT2D eigenvalue weighted by molar-refractivity contribution is 0.373. The van der Waals surface area contributed by atoms with Gasteiger partial charge in [0.25, 0.3) is 0 Å². The number of aryl methyl sites for hydroxylation is 7. The van der Waals surface area contributed by atoms with Gasteiger partial charge in [0.2, 0.25) is 5.82 Å². The summed E-state index contributed by atoms with van der Waals surface area (Å²) in [7, 11) is 0. The molecule has 92 heavy (non-hydrogen) atoms. The number of benzene rings is 10. The SMILES string of the molecule is Cc1c(F)c(F)c(F)c(F)c1F.Cc1cc(-c2ccccc2)cc(-c2ccccc2)c1.Cc1ccc(C#N)cc1.Cc1ccc(F)cc1.Cc1cccc2ccncc12.Cc1cccc2cnccc12.Cc1cccc2ncccc12.Cc1ccnc2ccccc12. The van der Waals surface area contributed by atoms with Crippen LogP contribution in [-0.4, -0.2) is 19.9 Å². The molecular formula is C81H69F6N5. The van der Waals surface area contributed by atoms with Gasteiger partial charge in [0.15, 0.2) is 23.3 Å². The molecule has 10 aromatic carbocycles. The first-order valence-corrected chi connectivity index (χ1v) is 29.5. The van der Waals surface area contributed by atoms with E-state index in [2.05, 4.69) is 194 Å². The maximum Gasteiger partial charge on any atom is 0.200 e. The molecule has 0 unspecified atom stereocenters. The zero-order valence-corrected chi connectivity index (χ0v) is 52.5. The van der Waals surface area contributed by atoms with Crippen LogP contribution in [0.2, 0.25) is 0 Å². The Morgan fingerprint density at radius 3 is 1.29 bits per heavy atom. The van der Waals surface area contributed by atoms with Gasteiger partial charge in [-0.2, -0.15) is 5.26 Å². The fraction of sp³-hybridized carbons (Fsp3) is 0.0988. The van der Waals surface area contributed by atoms with Crippen LogP contribution < -0.4 is 0 Å². The largest absolute Gasteiger partial charge is 0.264 e. The predicted molar refractivity (Wildman–Crippen MR) is 366 cm³/mol. The summed E-state index contributed by atoms with van der Waals surface area (Å²) in [6, 6.07) is 80.8. The van der Waals surface area contributed by atoms with E-state index in [-0.39, 0.29) is 5.82 Å². The topological polar surface area (TPSA) is 75.3 Å². The molecule has 4 aromatic heterocycles. The van der Waals surface area contributed by atoms with Crippen LogP contribution in [0.5, 0.6) is 0 Å². The van der Waals surface area contributed by atoms with Crippen molar-refractivity contribution < 1.29 is 26.3 Å². The van der Waals surface area contributed by atoms with Crippen LogP contribution in [-0.2, 0) is 0 Å². The highest BCUT2D eigenvalue weighted by Crippen LogP contribution is 2.28. The Hall–Kier alpha value is -11.1. The molecular weight excluding hydrogens is 1160 g/mol. The van der Waals surface area contributed by atoms with Crippen molar-refractivity contribution in [1.29, 1.82) is 5.26 Å². The van der Waals surface area contributed by atoms with Crippen molar-refractivity contribution >= 4 is 43.4 Å². The van der Waals surface area contributed by atoms with E-state index in [4.69, 9.17) is 5.26 Å². The molecule has 14 aromatic rings. The second-order valence-electron chi connectivity index (χ2n) is 21.4. The van der Waals surface area contributed by atoms with Crippen LogP contribution in [0.3, 0.4) is 0 Å². The molecule has 0 spiro atoms. The van der Waals surface area contributed by atoms with Gasteiger partial charge >= 0.3 is 0 Å². The molecule has 14 rings (SSSR count). The molecule has 0 atom stereocenters. The highest BCUT2D eigenvalue weighted by molar-refractivity contribution is 5.86. The first-order chi connectivity index (χ1) is 44.4. The molecule has 0 saturated carbocycles. The van der Waals surface area contributed by atoms with Crippen LogP contribution in [0, 0.1) is 102 Å². The number of aromatic nitrogens is 4. The first kappa shape index (κ1) is 68.4. The molecule has 11 heteroatoms. The van der Waals surface area contributed by atoms with Crippen LogP contribution in [0.4, 0.5) is 26.3 Å². The molecule has 0 aliphatic carbocycles. The average Bonchev–Trinajstić information content (AvgIpc) is 1.08. The minimum absolute atomic E-state index is 0.171. The van der Waals surface area contributed by atoms with Gasteiger partial charge in [-0.15, -0.1) is 0 Å². The summed E-state index contributed by atoms with van der Waals surface area (Å²) in [6.45, 7) is 15.3. The first-order valence-electron chi connectivity index (χ1n) is 29.5. The quantitative estimate of drug-likeness (QED) is 0.0979. The Morgan fingerprint density at radius 1 is 0.304 bits per heavy atom. The molecule has 4 heterocycles. The van der Waals surface area contributed by atoms with Gasteiger partial charge in [0.1, 0.15) is 5.82 Å². The van der Waals surface area contributed by atoms with Crippen LogP contribution in [0.15, 0.2) is 274 Å². The van der Waals surface area contributed by atoms with Crippen LogP contribution in [0.1, 0.15) is 50.1 Å². The molecule has 0 aliphatic rings. The van der Waals surface area contributed by atoms with E-state index in [0.29, 0.717) is 0 Å². The number of hydrogen-bond acceptors (Lipinski definition) is 5. The second kappa shape index (κ2) is 34.6. The maximum atomic E-state index is 12.4.